The number of benzene rings is 1. The third-order valence-corrected chi connectivity index (χ3v) is 6.36. The van der Waals surface area contributed by atoms with Crippen LogP contribution >= 0.6 is 11.6 Å². The summed E-state index contributed by atoms with van der Waals surface area (Å²) in [6.07, 6.45) is 0.585. The molecule has 0 aliphatic carbocycles. The van der Waals surface area contributed by atoms with Gasteiger partial charge in [0.15, 0.2) is 0 Å². The fourth-order valence-corrected chi connectivity index (χ4v) is 4.61. The maximum atomic E-state index is 13.0. The summed E-state index contributed by atoms with van der Waals surface area (Å²) in [5, 5.41) is 9.20. The Morgan fingerprint density at radius 1 is 1.12 bits per heavy atom. The molecule has 4 heterocycles. The molecule has 3 aliphatic rings. The summed E-state index contributed by atoms with van der Waals surface area (Å²) in [6, 6.07) is 6.82. The van der Waals surface area contributed by atoms with E-state index in [4.69, 9.17) is 11.6 Å². The van der Waals surface area contributed by atoms with E-state index in [0.29, 0.717) is 36.2 Å². The molecule has 3 N–H and O–H groups in total. The van der Waals surface area contributed by atoms with Gasteiger partial charge in [0.1, 0.15) is 17.0 Å². The molecule has 11 heteroatoms. The second-order valence-corrected chi connectivity index (χ2v) is 8.74. The summed E-state index contributed by atoms with van der Waals surface area (Å²) in [7, 11) is 0. The molecule has 0 spiro atoms. The largest absolute Gasteiger partial charge is 0.354 e. The molecular weight excluding hydrogens is 446 g/mol. The number of hydrogen-bond acceptors (Lipinski definition) is 8. The van der Waals surface area contributed by atoms with Crippen molar-refractivity contribution < 1.29 is 14.4 Å². The molecule has 0 bridgehead atoms. The number of carbonyl (C=O) groups is 3. The third-order valence-electron chi connectivity index (χ3n) is 6.17. The average molecular weight is 470 g/mol. The van der Waals surface area contributed by atoms with E-state index in [1.165, 1.54) is 0 Å². The summed E-state index contributed by atoms with van der Waals surface area (Å²) < 4.78 is 0. The number of carbonyl (C=O) groups excluding carboxylic acids is 3. The molecule has 33 heavy (non-hydrogen) atoms. The van der Waals surface area contributed by atoms with Gasteiger partial charge in [-0.05, 0) is 23.6 Å². The SMILES string of the molecule is O=C1CCC(N2Cc3ccc(CNc4nc(Cl)cc(N5CCNCC5)n4)cc3C2=O)C(=O)N1. The summed E-state index contributed by atoms with van der Waals surface area (Å²) in [5.74, 6) is 0.308. The molecule has 10 nitrogen and oxygen atoms in total. The van der Waals surface area contributed by atoms with Gasteiger partial charge in [0, 0.05) is 57.3 Å². The van der Waals surface area contributed by atoms with Gasteiger partial charge in [-0.2, -0.15) is 4.98 Å². The number of anilines is 2. The Bertz CT molecular complexity index is 1120. The van der Waals surface area contributed by atoms with Crippen molar-refractivity contribution in [2.24, 2.45) is 0 Å². The molecule has 3 aliphatic heterocycles. The van der Waals surface area contributed by atoms with Gasteiger partial charge in [-0.25, -0.2) is 4.98 Å². The minimum atomic E-state index is -0.618. The standard InChI is InChI=1S/C22H24ClN7O3/c23-17-10-18(29-7-5-24-6-8-29)27-22(26-17)25-11-13-1-2-14-12-30(21(33)15(14)9-13)16-3-4-19(31)28-20(16)32/h1-2,9-10,16,24H,3-8,11-12H2,(H,25,26,27)(H,28,31,32). The number of aromatic nitrogens is 2. The molecule has 2 fully saturated rings. The van der Waals surface area contributed by atoms with Crippen molar-refractivity contribution in [2.75, 3.05) is 36.4 Å². The second kappa shape index (κ2) is 8.95. The Kier molecular flexibility index (Phi) is 5.86. The van der Waals surface area contributed by atoms with E-state index in [-0.39, 0.29) is 18.2 Å². The first-order valence-electron chi connectivity index (χ1n) is 11.0. The van der Waals surface area contributed by atoms with Gasteiger partial charge in [0.05, 0.1) is 0 Å². The van der Waals surface area contributed by atoms with Crippen LogP contribution in [-0.4, -0.2) is 64.8 Å². The van der Waals surface area contributed by atoms with Gasteiger partial charge < -0.3 is 20.4 Å². The number of halogens is 1. The lowest BCUT2D eigenvalue weighted by molar-refractivity contribution is -0.136. The van der Waals surface area contributed by atoms with Crippen LogP contribution in [0.1, 0.15) is 34.3 Å². The highest BCUT2D eigenvalue weighted by Crippen LogP contribution is 2.28. The molecule has 1 aromatic carbocycles. The van der Waals surface area contributed by atoms with Crippen molar-refractivity contribution in [3.8, 4) is 0 Å². The average Bonchev–Trinajstić information content (AvgIpc) is 3.13. The van der Waals surface area contributed by atoms with Gasteiger partial charge in [0.2, 0.25) is 17.8 Å². The topological polar surface area (TPSA) is 120 Å². The first-order chi connectivity index (χ1) is 16.0. The lowest BCUT2D eigenvalue weighted by Gasteiger charge is -2.29. The Morgan fingerprint density at radius 2 is 1.94 bits per heavy atom. The van der Waals surface area contributed by atoms with Crippen LogP contribution in [0, 0.1) is 0 Å². The first-order valence-corrected chi connectivity index (χ1v) is 11.4. The van der Waals surface area contributed by atoms with Crippen LogP contribution in [0.3, 0.4) is 0 Å². The molecule has 1 unspecified atom stereocenters. The van der Waals surface area contributed by atoms with Crippen molar-refractivity contribution in [3.05, 3.63) is 46.1 Å². The molecule has 5 rings (SSSR count). The van der Waals surface area contributed by atoms with Crippen molar-refractivity contribution in [2.45, 2.75) is 32.0 Å². The zero-order chi connectivity index (χ0) is 22.9. The number of amides is 3. The number of rotatable bonds is 5. The Hall–Kier alpha value is -3.24. The van der Waals surface area contributed by atoms with E-state index >= 15 is 0 Å². The predicted molar refractivity (Wildman–Crippen MR) is 122 cm³/mol. The smallest absolute Gasteiger partial charge is 0.255 e. The maximum Gasteiger partial charge on any atom is 0.255 e. The van der Waals surface area contributed by atoms with Crippen LogP contribution in [0.15, 0.2) is 24.3 Å². The van der Waals surface area contributed by atoms with E-state index < -0.39 is 11.9 Å². The van der Waals surface area contributed by atoms with Crippen LogP contribution in [0.5, 0.6) is 0 Å². The lowest BCUT2D eigenvalue weighted by Crippen LogP contribution is -2.52. The highest BCUT2D eigenvalue weighted by Gasteiger charge is 2.39. The van der Waals surface area contributed by atoms with Crippen LogP contribution in [0.2, 0.25) is 5.15 Å². The fourth-order valence-electron chi connectivity index (χ4n) is 4.43. The quantitative estimate of drug-likeness (QED) is 0.436. The van der Waals surface area contributed by atoms with Gasteiger partial charge in [-0.3, -0.25) is 19.7 Å². The predicted octanol–water partition coefficient (Wildman–Crippen LogP) is 0.913. The van der Waals surface area contributed by atoms with Crippen molar-refractivity contribution in [1.29, 1.82) is 0 Å². The van der Waals surface area contributed by atoms with Crippen LogP contribution in [-0.2, 0) is 22.7 Å². The summed E-state index contributed by atoms with van der Waals surface area (Å²) in [4.78, 5) is 49.2. The molecular formula is C22H24ClN7O3. The monoisotopic (exact) mass is 469 g/mol. The van der Waals surface area contributed by atoms with Crippen LogP contribution in [0.4, 0.5) is 11.8 Å². The van der Waals surface area contributed by atoms with Crippen LogP contribution in [0.25, 0.3) is 0 Å². The number of fused-ring (bicyclic) bond motifs is 1. The Morgan fingerprint density at radius 3 is 2.73 bits per heavy atom. The highest BCUT2D eigenvalue weighted by molar-refractivity contribution is 6.29. The highest BCUT2D eigenvalue weighted by atomic mass is 35.5. The van der Waals surface area contributed by atoms with E-state index in [1.807, 2.05) is 18.2 Å². The van der Waals surface area contributed by atoms with Gasteiger partial charge in [-0.1, -0.05) is 23.7 Å². The minimum absolute atomic E-state index is 0.193. The van der Waals surface area contributed by atoms with E-state index in [9.17, 15) is 14.4 Å². The molecule has 0 saturated carbocycles. The Labute approximate surface area is 195 Å². The van der Waals surface area contributed by atoms with E-state index in [1.54, 1.807) is 11.0 Å². The normalized spacial score (nSPS) is 20.6. The number of nitrogens with one attached hydrogen (secondary N) is 3. The zero-order valence-electron chi connectivity index (χ0n) is 17.9. The van der Waals surface area contributed by atoms with Crippen molar-refractivity contribution in [1.82, 2.24) is 25.5 Å². The zero-order valence-corrected chi connectivity index (χ0v) is 18.7. The lowest BCUT2D eigenvalue weighted by atomic mass is 10.0. The molecule has 2 aromatic rings. The number of piperazine rings is 1. The third kappa shape index (κ3) is 4.49. The second-order valence-electron chi connectivity index (χ2n) is 8.35. The van der Waals surface area contributed by atoms with E-state index in [0.717, 1.165) is 43.1 Å². The summed E-state index contributed by atoms with van der Waals surface area (Å²) in [5.41, 5.74) is 2.33. The maximum absolute atomic E-state index is 13.0. The number of piperidine rings is 1. The number of imide groups is 1. The van der Waals surface area contributed by atoms with Gasteiger partial charge in [0.25, 0.3) is 5.91 Å². The number of nitrogens with zero attached hydrogens (tertiary/aromatic N) is 4. The molecule has 1 aromatic heterocycles. The summed E-state index contributed by atoms with van der Waals surface area (Å²) >= 11 is 6.22. The summed E-state index contributed by atoms with van der Waals surface area (Å²) in [6.45, 7) is 4.26. The molecule has 1 atom stereocenters. The minimum Gasteiger partial charge on any atom is -0.354 e. The van der Waals surface area contributed by atoms with E-state index in [2.05, 4.69) is 30.8 Å². The van der Waals surface area contributed by atoms with Crippen molar-refractivity contribution >= 4 is 41.1 Å². The van der Waals surface area contributed by atoms with Gasteiger partial charge >= 0.3 is 0 Å². The molecule has 0 radical (unpaired) electrons. The van der Waals surface area contributed by atoms with Crippen LogP contribution < -0.4 is 20.9 Å². The first kappa shape index (κ1) is 21.6. The number of hydrogen-bond donors (Lipinski definition) is 3. The Balaban J connectivity index is 1.27. The van der Waals surface area contributed by atoms with Gasteiger partial charge in [-0.15, -0.1) is 0 Å². The molecule has 2 saturated heterocycles. The fraction of sp³-hybridized carbons (Fsp3) is 0.409. The molecule has 3 amide bonds. The molecule has 172 valence electrons. The van der Waals surface area contributed by atoms with Crippen molar-refractivity contribution in [3.63, 3.8) is 0 Å².